The summed E-state index contributed by atoms with van der Waals surface area (Å²) in [5.41, 5.74) is -0.697. The van der Waals surface area contributed by atoms with Crippen molar-refractivity contribution < 1.29 is 13.6 Å². The molecule has 5 heteroatoms. The Morgan fingerprint density at radius 3 is 2.08 bits per heavy atom. The van der Waals surface area contributed by atoms with E-state index in [1.54, 1.807) is 22.6 Å². The van der Waals surface area contributed by atoms with Crippen LogP contribution in [0.3, 0.4) is 0 Å². The summed E-state index contributed by atoms with van der Waals surface area (Å²) >= 11 is 6.68. The van der Waals surface area contributed by atoms with Gasteiger partial charge in [-0.1, -0.05) is 0 Å². The Balaban J connectivity index is 3.38. The summed E-state index contributed by atoms with van der Waals surface area (Å²) in [4.78, 5) is 10.5. The lowest BCUT2D eigenvalue weighted by atomic mass is 10.2. The third-order valence-corrected chi connectivity index (χ3v) is 2.02. The second kappa shape index (κ2) is 3.66. The largest absolute Gasteiger partial charge is 0.275 e. The highest BCUT2D eigenvalue weighted by Gasteiger charge is 2.15. The molecule has 0 aliphatic rings. The molecule has 0 spiro atoms. The van der Waals surface area contributed by atoms with Crippen LogP contribution < -0.4 is 0 Å². The molecule has 0 heterocycles. The predicted octanol–water partition coefficient (Wildman–Crippen LogP) is 2.95. The molecule has 0 aromatic heterocycles. The number of halogens is 4. The minimum atomic E-state index is -1.12. The molecule has 12 heavy (non-hydrogen) atoms. The van der Waals surface area contributed by atoms with E-state index in [1.165, 1.54) is 0 Å². The Hall–Kier alpha value is -0.230. The molecule has 0 saturated heterocycles. The van der Waals surface area contributed by atoms with Gasteiger partial charge in [0.2, 0.25) is 0 Å². The highest BCUT2D eigenvalue weighted by molar-refractivity contribution is 14.1. The number of carbonyl (C=O) groups excluding carboxylic acids is 1. The molecular weight excluding hydrogens is 300 g/mol. The van der Waals surface area contributed by atoms with Crippen LogP contribution in [0.1, 0.15) is 10.4 Å². The lowest BCUT2D eigenvalue weighted by Gasteiger charge is -1.99. The maximum atomic E-state index is 12.8. The number of hydrogen-bond acceptors (Lipinski definition) is 1. The van der Waals surface area contributed by atoms with Gasteiger partial charge in [-0.05, 0) is 46.3 Å². The van der Waals surface area contributed by atoms with Crippen LogP contribution >= 0.6 is 34.2 Å². The fraction of sp³-hybridized carbons (Fsp3) is 0. The number of benzene rings is 1. The molecule has 0 radical (unpaired) electrons. The van der Waals surface area contributed by atoms with Gasteiger partial charge in [0.15, 0.2) is 0 Å². The van der Waals surface area contributed by atoms with E-state index in [9.17, 15) is 13.6 Å². The summed E-state index contributed by atoms with van der Waals surface area (Å²) in [7, 11) is 0. The standard InChI is InChI=1S/C7H2ClF2IO/c8-7(12)6-4(9)1-3(11)2-5(6)10/h1-2H. The van der Waals surface area contributed by atoms with E-state index < -0.39 is 22.4 Å². The summed E-state index contributed by atoms with van der Waals surface area (Å²) in [6.45, 7) is 0. The zero-order valence-electron chi connectivity index (χ0n) is 5.57. The first-order chi connectivity index (χ1) is 5.52. The molecule has 1 aromatic rings. The molecule has 1 rings (SSSR count). The Morgan fingerprint density at radius 2 is 1.75 bits per heavy atom. The van der Waals surface area contributed by atoms with E-state index >= 15 is 0 Å². The van der Waals surface area contributed by atoms with E-state index in [4.69, 9.17) is 11.6 Å². The van der Waals surface area contributed by atoms with E-state index in [-0.39, 0.29) is 0 Å². The van der Waals surface area contributed by atoms with E-state index in [2.05, 4.69) is 0 Å². The van der Waals surface area contributed by atoms with Gasteiger partial charge in [-0.25, -0.2) is 8.78 Å². The zero-order valence-corrected chi connectivity index (χ0v) is 8.49. The fourth-order valence-electron chi connectivity index (χ4n) is 0.730. The SMILES string of the molecule is O=C(Cl)c1c(F)cc(I)cc1F. The van der Waals surface area contributed by atoms with Gasteiger partial charge in [-0.3, -0.25) is 4.79 Å². The predicted molar refractivity (Wildman–Crippen MR) is 49.3 cm³/mol. The van der Waals surface area contributed by atoms with Gasteiger partial charge in [0, 0.05) is 3.57 Å². The lowest BCUT2D eigenvalue weighted by molar-refractivity contribution is 0.107. The third kappa shape index (κ3) is 1.92. The van der Waals surface area contributed by atoms with E-state index in [0.717, 1.165) is 12.1 Å². The van der Waals surface area contributed by atoms with E-state index in [1.807, 2.05) is 0 Å². The van der Waals surface area contributed by atoms with Crippen LogP contribution in [0.2, 0.25) is 0 Å². The second-order valence-corrected chi connectivity index (χ2v) is 3.61. The smallest absolute Gasteiger partial charge is 0.258 e. The molecule has 0 unspecified atom stereocenters. The Bertz CT molecular complexity index is 317. The van der Waals surface area contributed by atoms with E-state index in [0.29, 0.717) is 3.57 Å². The van der Waals surface area contributed by atoms with Gasteiger partial charge >= 0.3 is 0 Å². The first kappa shape index (κ1) is 9.85. The van der Waals surface area contributed by atoms with Crippen LogP contribution in [0.4, 0.5) is 8.78 Å². The molecule has 1 nitrogen and oxygen atoms in total. The van der Waals surface area contributed by atoms with Gasteiger partial charge < -0.3 is 0 Å². The Kier molecular flexibility index (Phi) is 3.00. The van der Waals surface area contributed by atoms with Gasteiger partial charge in [-0.15, -0.1) is 0 Å². The van der Waals surface area contributed by atoms with Crippen molar-refractivity contribution in [3.05, 3.63) is 32.9 Å². The van der Waals surface area contributed by atoms with Gasteiger partial charge in [0.25, 0.3) is 5.24 Å². The van der Waals surface area contributed by atoms with Crippen LogP contribution in [-0.2, 0) is 0 Å². The minimum absolute atomic E-state index is 0.379. The highest BCUT2D eigenvalue weighted by Crippen LogP contribution is 2.18. The summed E-state index contributed by atoms with van der Waals surface area (Å²) in [5.74, 6) is -1.86. The highest BCUT2D eigenvalue weighted by atomic mass is 127. The molecule has 0 amide bonds. The maximum Gasteiger partial charge on any atom is 0.258 e. The number of carbonyl (C=O) groups is 1. The Labute approximate surface area is 85.9 Å². The molecule has 0 atom stereocenters. The molecule has 1 aromatic carbocycles. The topological polar surface area (TPSA) is 17.1 Å². The van der Waals surface area contributed by atoms with Crippen molar-refractivity contribution in [3.63, 3.8) is 0 Å². The van der Waals surface area contributed by atoms with Gasteiger partial charge in [0.05, 0.1) is 0 Å². The molecule has 0 aliphatic heterocycles. The lowest BCUT2D eigenvalue weighted by Crippen LogP contribution is -1.99. The molecule has 64 valence electrons. The zero-order chi connectivity index (χ0) is 9.30. The first-order valence-electron chi connectivity index (χ1n) is 2.86. The van der Waals surface area contributed by atoms with Crippen molar-refractivity contribution >= 4 is 39.4 Å². The molecule has 0 saturated carbocycles. The second-order valence-electron chi connectivity index (χ2n) is 2.02. The van der Waals surface area contributed by atoms with Crippen molar-refractivity contribution in [2.45, 2.75) is 0 Å². The molecule has 0 bridgehead atoms. The van der Waals surface area contributed by atoms with Crippen molar-refractivity contribution in [3.8, 4) is 0 Å². The number of rotatable bonds is 1. The fourth-order valence-corrected chi connectivity index (χ4v) is 1.46. The number of hydrogen-bond donors (Lipinski definition) is 0. The monoisotopic (exact) mass is 302 g/mol. The molecule has 0 N–H and O–H groups in total. The van der Waals surface area contributed by atoms with Gasteiger partial charge in [0.1, 0.15) is 17.2 Å². The minimum Gasteiger partial charge on any atom is -0.275 e. The van der Waals surface area contributed by atoms with Crippen molar-refractivity contribution in [2.24, 2.45) is 0 Å². The van der Waals surface area contributed by atoms with Crippen molar-refractivity contribution in [1.82, 2.24) is 0 Å². The average Bonchev–Trinajstić information content (AvgIpc) is 1.82. The summed E-state index contributed by atoms with van der Waals surface area (Å²) in [6, 6.07) is 2.08. The summed E-state index contributed by atoms with van der Waals surface area (Å²) in [5, 5.41) is -1.12. The normalized spacial score (nSPS) is 10.0. The van der Waals surface area contributed by atoms with Crippen molar-refractivity contribution in [2.75, 3.05) is 0 Å². The maximum absolute atomic E-state index is 12.8. The molecule has 0 fully saturated rings. The Morgan fingerprint density at radius 1 is 1.33 bits per heavy atom. The van der Waals surface area contributed by atoms with Crippen LogP contribution in [0, 0.1) is 15.2 Å². The average molecular weight is 302 g/mol. The van der Waals surface area contributed by atoms with Crippen LogP contribution in [0.5, 0.6) is 0 Å². The molecule has 0 aliphatic carbocycles. The first-order valence-corrected chi connectivity index (χ1v) is 4.32. The van der Waals surface area contributed by atoms with Crippen LogP contribution in [0.25, 0.3) is 0 Å². The summed E-state index contributed by atoms with van der Waals surface area (Å²) in [6.07, 6.45) is 0. The van der Waals surface area contributed by atoms with Crippen LogP contribution in [-0.4, -0.2) is 5.24 Å². The van der Waals surface area contributed by atoms with Gasteiger partial charge in [-0.2, -0.15) is 0 Å². The summed E-state index contributed by atoms with van der Waals surface area (Å²) < 4.78 is 26.0. The molecular formula is C7H2ClF2IO. The van der Waals surface area contributed by atoms with Crippen molar-refractivity contribution in [1.29, 1.82) is 0 Å². The quantitative estimate of drug-likeness (QED) is 0.576. The van der Waals surface area contributed by atoms with Crippen LogP contribution in [0.15, 0.2) is 12.1 Å². The third-order valence-electron chi connectivity index (χ3n) is 1.20.